The summed E-state index contributed by atoms with van der Waals surface area (Å²) in [6.45, 7) is 2.41. The van der Waals surface area contributed by atoms with Crippen molar-refractivity contribution < 1.29 is 14.0 Å². The lowest BCUT2D eigenvalue weighted by molar-refractivity contribution is 0.0723. The number of amides is 2. The van der Waals surface area contributed by atoms with Crippen LogP contribution >= 0.6 is 0 Å². The molecule has 0 bridgehead atoms. The Bertz CT molecular complexity index is 1020. The first kappa shape index (κ1) is 18.8. The van der Waals surface area contributed by atoms with Gasteiger partial charge in [0.25, 0.3) is 11.8 Å². The van der Waals surface area contributed by atoms with E-state index in [1.165, 1.54) is 18.5 Å². The molecule has 0 radical (unpaired) electrons. The molecule has 2 N–H and O–H groups in total. The maximum atomic E-state index is 14.6. The predicted octanol–water partition coefficient (Wildman–Crippen LogP) is 2.64. The Kier molecular flexibility index (Phi) is 5.07. The standard InChI is InChI=1S/C21H20FN5O2/c1-13-18(6-8-27(13)21(29)19-3-2-7-25-19)26-20(28)16-5-4-14(9-17(16)22)15-10-23-12-24-11-15/h2-5,7,9-13,18,25H,6,8H2,1H3,(H,26,28)/t13-,18+/m1/s1. The summed E-state index contributed by atoms with van der Waals surface area (Å²) in [5, 5.41) is 2.87. The van der Waals surface area contributed by atoms with Gasteiger partial charge in [0.2, 0.25) is 0 Å². The molecule has 2 amide bonds. The van der Waals surface area contributed by atoms with Crippen LogP contribution in [0.4, 0.5) is 4.39 Å². The fraction of sp³-hybridized carbons (Fsp3) is 0.238. The third-order valence-corrected chi connectivity index (χ3v) is 5.27. The Morgan fingerprint density at radius 1 is 1.21 bits per heavy atom. The van der Waals surface area contributed by atoms with Crippen molar-refractivity contribution in [3.05, 3.63) is 72.3 Å². The Labute approximate surface area is 167 Å². The van der Waals surface area contributed by atoms with Crippen molar-refractivity contribution in [2.75, 3.05) is 6.54 Å². The van der Waals surface area contributed by atoms with Crippen LogP contribution in [0.2, 0.25) is 0 Å². The minimum atomic E-state index is -0.617. The molecule has 0 saturated carbocycles. The average molecular weight is 393 g/mol. The van der Waals surface area contributed by atoms with Crippen LogP contribution in [0.1, 0.15) is 34.2 Å². The summed E-state index contributed by atoms with van der Waals surface area (Å²) in [5.41, 5.74) is 1.74. The lowest BCUT2D eigenvalue weighted by Crippen LogP contribution is -2.45. The maximum Gasteiger partial charge on any atom is 0.270 e. The van der Waals surface area contributed by atoms with Gasteiger partial charge in [-0.3, -0.25) is 9.59 Å². The number of halogens is 1. The molecule has 2 atom stereocenters. The van der Waals surface area contributed by atoms with E-state index in [9.17, 15) is 14.0 Å². The van der Waals surface area contributed by atoms with Crippen molar-refractivity contribution >= 4 is 11.8 Å². The summed E-state index contributed by atoms with van der Waals surface area (Å²) >= 11 is 0. The van der Waals surface area contributed by atoms with E-state index < -0.39 is 11.7 Å². The first-order valence-electron chi connectivity index (χ1n) is 9.35. The molecule has 1 aliphatic heterocycles. The molecule has 3 heterocycles. The lowest BCUT2D eigenvalue weighted by Gasteiger charge is -2.25. The average Bonchev–Trinajstić information content (AvgIpc) is 3.39. The fourth-order valence-corrected chi connectivity index (χ4v) is 3.61. The summed E-state index contributed by atoms with van der Waals surface area (Å²) in [7, 11) is 0. The van der Waals surface area contributed by atoms with Crippen molar-refractivity contribution in [1.82, 2.24) is 25.2 Å². The van der Waals surface area contributed by atoms with Crippen molar-refractivity contribution in [1.29, 1.82) is 0 Å². The molecule has 0 unspecified atom stereocenters. The molecule has 1 aliphatic rings. The zero-order valence-electron chi connectivity index (χ0n) is 15.8. The van der Waals surface area contributed by atoms with Gasteiger partial charge in [-0.05, 0) is 43.2 Å². The van der Waals surface area contributed by atoms with Crippen LogP contribution in [-0.4, -0.2) is 50.3 Å². The Morgan fingerprint density at radius 3 is 2.69 bits per heavy atom. The maximum absolute atomic E-state index is 14.6. The zero-order valence-corrected chi connectivity index (χ0v) is 15.8. The van der Waals surface area contributed by atoms with E-state index in [1.54, 1.807) is 41.7 Å². The number of benzene rings is 1. The van der Waals surface area contributed by atoms with Gasteiger partial charge < -0.3 is 15.2 Å². The van der Waals surface area contributed by atoms with E-state index in [0.29, 0.717) is 29.8 Å². The van der Waals surface area contributed by atoms with Crippen molar-refractivity contribution in [2.45, 2.75) is 25.4 Å². The Hall–Kier alpha value is -3.55. The molecule has 4 rings (SSSR count). The van der Waals surface area contributed by atoms with Gasteiger partial charge in [0.1, 0.15) is 17.8 Å². The van der Waals surface area contributed by atoms with E-state index in [2.05, 4.69) is 20.3 Å². The van der Waals surface area contributed by atoms with Crippen LogP contribution in [0.5, 0.6) is 0 Å². The molecular weight excluding hydrogens is 373 g/mol. The van der Waals surface area contributed by atoms with Crippen molar-refractivity contribution in [2.24, 2.45) is 0 Å². The first-order chi connectivity index (χ1) is 14.0. The minimum absolute atomic E-state index is 0.0352. The molecule has 1 aromatic carbocycles. The van der Waals surface area contributed by atoms with Crippen LogP contribution in [0.3, 0.4) is 0 Å². The number of carbonyl (C=O) groups is 2. The van der Waals surface area contributed by atoms with Crippen LogP contribution in [0, 0.1) is 5.82 Å². The van der Waals surface area contributed by atoms with Crippen LogP contribution < -0.4 is 5.32 Å². The van der Waals surface area contributed by atoms with E-state index in [0.717, 1.165) is 0 Å². The number of rotatable bonds is 4. The minimum Gasteiger partial charge on any atom is -0.357 e. The van der Waals surface area contributed by atoms with Crippen LogP contribution in [-0.2, 0) is 0 Å². The van der Waals surface area contributed by atoms with E-state index >= 15 is 0 Å². The van der Waals surface area contributed by atoms with Gasteiger partial charge in [0.05, 0.1) is 11.6 Å². The van der Waals surface area contributed by atoms with Gasteiger partial charge in [0, 0.05) is 36.7 Å². The molecule has 1 fully saturated rings. The number of nitrogens with zero attached hydrogens (tertiary/aromatic N) is 3. The van der Waals surface area contributed by atoms with E-state index in [1.807, 2.05) is 6.92 Å². The fourth-order valence-electron chi connectivity index (χ4n) is 3.61. The van der Waals surface area contributed by atoms with Gasteiger partial charge in [-0.1, -0.05) is 6.07 Å². The number of hydrogen-bond acceptors (Lipinski definition) is 4. The van der Waals surface area contributed by atoms with Crippen LogP contribution in [0.25, 0.3) is 11.1 Å². The molecule has 0 spiro atoms. The topological polar surface area (TPSA) is 91.0 Å². The molecular formula is C21H20FN5O2. The van der Waals surface area contributed by atoms with Gasteiger partial charge in [-0.15, -0.1) is 0 Å². The van der Waals surface area contributed by atoms with E-state index in [-0.39, 0.29) is 23.6 Å². The van der Waals surface area contributed by atoms with Gasteiger partial charge in [-0.2, -0.15) is 0 Å². The molecule has 0 aliphatic carbocycles. The van der Waals surface area contributed by atoms with Gasteiger partial charge in [-0.25, -0.2) is 14.4 Å². The van der Waals surface area contributed by atoms with Gasteiger partial charge in [0.15, 0.2) is 0 Å². The second-order valence-corrected chi connectivity index (χ2v) is 7.01. The Morgan fingerprint density at radius 2 is 2.00 bits per heavy atom. The lowest BCUT2D eigenvalue weighted by atomic mass is 10.0. The molecule has 148 valence electrons. The molecule has 8 heteroatoms. The zero-order chi connectivity index (χ0) is 20.4. The number of likely N-dealkylation sites (tertiary alicyclic amines) is 1. The molecule has 29 heavy (non-hydrogen) atoms. The van der Waals surface area contributed by atoms with Crippen molar-refractivity contribution in [3.8, 4) is 11.1 Å². The summed E-state index contributed by atoms with van der Waals surface area (Å²) in [4.78, 5) is 37.6. The highest BCUT2D eigenvalue weighted by atomic mass is 19.1. The number of aromatic amines is 1. The summed E-state index contributed by atoms with van der Waals surface area (Å²) in [6, 6.07) is 7.45. The number of carbonyl (C=O) groups excluding carboxylic acids is 2. The predicted molar refractivity (Wildman–Crippen MR) is 105 cm³/mol. The number of hydrogen-bond donors (Lipinski definition) is 2. The molecule has 7 nitrogen and oxygen atoms in total. The number of aromatic nitrogens is 3. The summed E-state index contributed by atoms with van der Waals surface area (Å²) < 4.78 is 14.6. The third kappa shape index (κ3) is 3.73. The molecule has 1 saturated heterocycles. The normalized spacial score (nSPS) is 18.6. The summed E-state index contributed by atoms with van der Waals surface area (Å²) in [6.07, 6.45) is 6.87. The highest BCUT2D eigenvalue weighted by Gasteiger charge is 2.35. The second kappa shape index (κ2) is 7.83. The highest BCUT2D eigenvalue weighted by molar-refractivity contribution is 5.96. The summed E-state index contributed by atoms with van der Waals surface area (Å²) in [5.74, 6) is -1.22. The SMILES string of the molecule is C[C@@H]1[C@@H](NC(=O)c2ccc(-c3cncnc3)cc2F)CCN1C(=O)c1ccc[nH]1. The Balaban J connectivity index is 1.45. The third-order valence-electron chi connectivity index (χ3n) is 5.27. The second-order valence-electron chi connectivity index (χ2n) is 7.01. The van der Waals surface area contributed by atoms with E-state index in [4.69, 9.17) is 0 Å². The van der Waals surface area contributed by atoms with Gasteiger partial charge >= 0.3 is 0 Å². The molecule has 3 aromatic rings. The van der Waals surface area contributed by atoms with Crippen LogP contribution in [0.15, 0.2) is 55.2 Å². The molecule has 2 aromatic heterocycles. The smallest absolute Gasteiger partial charge is 0.270 e. The first-order valence-corrected chi connectivity index (χ1v) is 9.35. The highest BCUT2D eigenvalue weighted by Crippen LogP contribution is 2.23. The number of nitrogens with one attached hydrogen (secondary N) is 2. The van der Waals surface area contributed by atoms with Crippen molar-refractivity contribution in [3.63, 3.8) is 0 Å². The largest absolute Gasteiger partial charge is 0.357 e. The monoisotopic (exact) mass is 393 g/mol. The quantitative estimate of drug-likeness (QED) is 0.713. The number of H-pyrrole nitrogens is 1.